The van der Waals surface area contributed by atoms with E-state index in [1.54, 1.807) is 29.2 Å². The van der Waals surface area contributed by atoms with E-state index in [0.717, 1.165) is 55.7 Å². The molecule has 5 rings (SSSR count). The lowest BCUT2D eigenvalue weighted by atomic mass is 10.0. The number of hydrogen-bond acceptors (Lipinski definition) is 9. The van der Waals surface area contributed by atoms with E-state index in [1.165, 1.54) is 31.5 Å². The lowest BCUT2D eigenvalue weighted by Crippen LogP contribution is -2.60. The molecule has 0 spiro atoms. The van der Waals surface area contributed by atoms with Gasteiger partial charge in [-0.25, -0.2) is 0 Å². The fourth-order valence-corrected chi connectivity index (χ4v) is 7.95. The van der Waals surface area contributed by atoms with Crippen LogP contribution in [-0.2, 0) is 48.0 Å². The van der Waals surface area contributed by atoms with Crippen molar-refractivity contribution in [3.05, 3.63) is 132 Å². The van der Waals surface area contributed by atoms with Crippen LogP contribution in [0, 0.1) is 5.92 Å². The first-order chi connectivity index (χ1) is 31.6. The maximum atomic E-state index is 14.1. The van der Waals surface area contributed by atoms with Crippen molar-refractivity contribution in [2.75, 3.05) is 37.6 Å². The van der Waals surface area contributed by atoms with Gasteiger partial charge in [-0.2, -0.15) is 0 Å². The third-order valence-electron chi connectivity index (χ3n) is 11.6. The number of rotatable bonds is 22. The van der Waals surface area contributed by atoms with Crippen LogP contribution in [-0.4, -0.2) is 108 Å². The molecular formula is C51H66N8O7. The topological polar surface area (TPSA) is 215 Å². The van der Waals surface area contributed by atoms with Crippen molar-refractivity contribution in [3.8, 4) is 5.75 Å². The van der Waals surface area contributed by atoms with Gasteiger partial charge in [-0.3, -0.25) is 28.8 Å². The average molecular weight is 903 g/mol. The summed E-state index contributed by atoms with van der Waals surface area (Å²) in [7, 11) is 0. The van der Waals surface area contributed by atoms with Crippen molar-refractivity contribution >= 4 is 41.1 Å². The first kappa shape index (κ1) is 50.4. The highest BCUT2D eigenvalue weighted by Gasteiger charge is 2.34. The molecule has 1 saturated heterocycles. The number of phenols is 1. The third kappa shape index (κ3) is 15.8. The minimum absolute atomic E-state index is 0.0202. The number of nitrogens with zero attached hydrogens (tertiary/aromatic N) is 2. The average Bonchev–Trinajstić information content (AvgIpc) is 3.30. The summed E-state index contributed by atoms with van der Waals surface area (Å²) in [6.45, 7) is 8.59. The summed E-state index contributed by atoms with van der Waals surface area (Å²) in [6, 6.07) is 31.9. The van der Waals surface area contributed by atoms with Gasteiger partial charge in [0, 0.05) is 37.8 Å². The molecule has 15 heteroatoms. The van der Waals surface area contributed by atoms with Gasteiger partial charge in [0.05, 0.1) is 19.1 Å². The lowest BCUT2D eigenvalue weighted by molar-refractivity contribution is -0.134. The summed E-state index contributed by atoms with van der Waals surface area (Å²) >= 11 is 0. The Hall–Kier alpha value is -6.58. The molecule has 352 valence electrons. The Bertz CT molecular complexity index is 2200. The molecule has 6 amide bonds. The number of carbonyl (C=O) groups excluding carboxylic acids is 6. The van der Waals surface area contributed by atoms with Crippen molar-refractivity contribution in [2.24, 2.45) is 11.7 Å². The van der Waals surface area contributed by atoms with E-state index < -0.39 is 59.7 Å². The van der Waals surface area contributed by atoms with E-state index in [4.69, 9.17) is 5.73 Å². The van der Waals surface area contributed by atoms with Gasteiger partial charge in [0.15, 0.2) is 0 Å². The number of anilines is 1. The Morgan fingerprint density at radius 3 is 1.88 bits per heavy atom. The molecule has 0 saturated carbocycles. The number of nitrogens with one attached hydrogen (secondary N) is 5. The Balaban J connectivity index is 1.18. The molecule has 1 fully saturated rings. The summed E-state index contributed by atoms with van der Waals surface area (Å²) < 4.78 is 0. The first-order valence-corrected chi connectivity index (χ1v) is 22.8. The van der Waals surface area contributed by atoms with Gasteiger partial charge < -0.3 is 47.2 Å². The zero-order chi connectivity index (χ0) is 47.6. The number of hydrogen-bond donors (Lipinski definition) is 7. The van der Waals surface area contributed by atoms with Crippen LogP contribution in [0.25, 0.3) is 0 Å². The molecule has 0 aliphatic carbocycles. The minimum Gasteiger partial charge on any atom is -0.508 e. The first-order valence-electron chi connectivity index (χ1n) is 22.8. The smallest absolute Gasteiger partial charge is 0.246 e. The van der Waals surface area contributed by atoms with Gasteiger partial charge in [-0.15, -0.1) is 0 Å². The molecule has 0 unspecified atom stereocenters. The Labute approximate surface area is 388 Å². The molecule has 1 aliphatic rings. The van der Waals surface area contributed by atoms with Crippen LogP contribution in [0.2, 0.25) is 0 Å². The molecular weight excluding hydrogens is 837 g/mol. The van der Waals surface area contributed by atoms with Crippen molar-refractivity contribution in [3.63, 3.8) is 0 Å². The zero-order valence-corrected chi connectivity index (χ0v) is 38.5. The van der Waals surface area contributed by atoms with Crippen LogP contribution in [0.3, 0.4) is 0 Å². The normalized spacial score (nSPS) is 14.6. The number of likely N-dealkylation sites (tertiary alicyclic amines) is 1. The van der Waals surface area contributed by atoms with Gasteiger partial charge in [0.25, 0.3) is 0 Å². The highest BCUT2D eigenvalue weighted by molar-refractivity contribution is 5.99. The molecule has 1 heterocycles. The molecule has 4 aromatic carbocycles. The number of phenolic OH excluding ortho intramolecular Hbond substituents is 1. The summed E-state index contributed by atoms with van der Waals surface area (Å²) in [6.07, 6.45) is 3.01. The van der Waals surface area contributed by atoms with E-state index in [0.29, 0.717) is 0 Å². The van der Waals surface area contributed by atoms with Crippen LogP contribution in [0.4, 0.5) is 5.69 Å². The van der Waals surface area contributed by atoms with E-state index in [-0.39, 0.29) is 49.4 Å². The van der Waals surface area contributed by atoms with Crippen LogP contribution in [0.1, 0.15) is 63.6 Å². The van der Waals surface area contributed by atoms with E-state index >= 15 is 0 Å². The number of carbonyl (C=O) groups is 6. The Kier molecular flexibility index (Phi) is 18.8. The standard InChI is InChI=1S/C51H66N8O7/c1-35(2)30-43(48(64)53-34-46(62)59(39-18-12-7-13-19-39)40-25-28-58(29-26-40)27-24-36-14-8-5-9-15-36)56-49(65)44(32-37-16-10-6-11-17-37)55-45(61)33-54-50(66)51(3,4)57-47(63)42(52)31-38-20-22-41(60)23-21-38/h5-23,35,40,42-44,60H,24-34,52H2,1-4H3,(H,53,64)(H,54,66)(H,55,61)(H,56,65)(H,57,63)/t42-,43-,44-/m0/s1. The van der Waals surface area contributed by atoms with Crippen molar-refractivity contribution < 1.29 is 33.9 Å². The second-order valence-electron chi connectivity index (χ2n) is 17.9. The van der Waals surface area contributed by atoms with Crippen LogP contribution >= 0.6 is 0 Å². The molecule has 0 aromatic heterocycles. The van der Waals surface area contributed by atoms with Crippen LogP contribution in [0.5, 0.6) is 5.75 Å². The summed E-state index contributed by atoms with van der Waals surface area (Å²) in [5, 5.41) is 23.1. The van der Waals surface area contributed by atoms with Crippen LogP contribution < -0.4 is 37.2 Å². The number of benzene rings is 4. The zero-order valence-electron chi connectivity index (χ0n) is 38.5. The SMILES string of the molecule is CC(C)C[C@H](NC(=O)[C@H](Cc1ccccc1)NC(=O)CNC(=O)C(C)(C)NC(=O)[C@@H](N)Cc1ccc(O)cc1)C(=O)NCC(=O)N(c1ccccc1)C1CCN(CCc2ccccc2)CC1. The summed E-state index contributed by atoms with van der Waals surface area (Å²) in [5.41, 5.74) is 8.16. The second-order valence-corrected chi connectivity index (χ2v) is 17.9. The number of piperidine rings is 1. The molecule has 15 nitrogen and oxygen atoms in total. The Morgan fingerprint density at radius 1 is 0.697 bits per heavy atom. The third-order valence-corrected chi connectivity index (χ3v) is 11.6. The maximum absolute atomic E-state index is 14.1. The molecule has 0 radical (unpaired) electrons. The predicted molar refractivity (Wildman–Crippen MR) is 255 cm³/mol. The summed E-state index contributed by atoms with van der Waals surface area (Å²) in [4.78, 5) is 85.8. The predicted octanol–water partition coefficient (Wildman–Crippen LogP) is 3.39. The number of aromatic hydroxyl groups is 1. The van der Waals surface area contributed by atoms with Gasteiger partial charge in [0.2, 0.25) is 35.4 Å². The highest BCUT2D eigenvalue weighted by Crippen LogP contribution is 2.24. The van der Waals surface area contributed by atoms with Gasteiger partial charge >= 0.3 is 0 Å². The highest BCUT2D eigenvalue weighted by atomic mass is 16.3. The van der Waals surface area contributed by atoms with E-state index in [2.05, 4.69) is 43.6 Å². The number of nitrogens with two attached hydrogens (primary N) is 1. The maximum Gasteiger partial charge on any atom is 0.246 e. The lowest BCUT2D eigenvalue weighted by Gasteiger charge is -2.38. The molecule has 1 aliphatic heterocycles. The van der Waals surface area contributed by atoms with Gasteiger partial charge in [-0.1, -0.05) is 105 Å². The van der Waals surface area contributed by atoms with Gasteiger partial charge in [0.1, 0.15) is 23.4 Å². The molecule has 0 bridgehead atoms. The van der Waals surface area contributed by atoms with Crippen molar-refractivity contribution in [1.82, 2.24) is 31.5 Å². The largest absolute Gasteiger partial charge is 0.508 e. The molecule has 8 N–H and O–H groups in total. The Morgan fingerprint density at radius 2 is 1.27 bits per heavy atom. The quantitative estimate of drug-likeness (QED) is 0.0615. The van der Waals surface area contributed by atoms with Crippen LogP contribution in [0.15, 0.2) is 115 Å². The number of para-hydroxylation sites is 1. The summed E-state index contributed by atoms with van der Waals surface area (Å²) in [5.74, 6) is -3.28. The van der Waals surface area contributed by atoms with Crippen molar-refractivity contribution in [1.29, 1.82) is 0 Å². The fraction of sp³-hybridized carbons (Fsp3) is 0.412. The van der Waals surface area contributed by atoms with E-state index in [1.807, 2.05) is 80.6 Å². The minimum atomic E-state index is -1.46. The molecule has 66 heavy (non-hydrogen) atoms. The molecule has 4 aromatic rings. The van der Waals surface area contributed by atoms with Gasteiger partial charge in [-0.05, 0) is 92.8 Å². The van der Waals surface area contributed by atoms with Crippen molar-refractivity contribution in [2.45, 2.75) is 95.9 Å². The monoisotopic (exact) mass is 903 g/mol. The molecule has 3 atom stereocenters. The fourth-order valence-electron chi connectivity index (χ4n) is 7.95. The van der Waals surface area contributed by atoms with E-state index in [9.17, 15) is 33.9 Å². The second kappa shape index (κ2) is 24.6. The number of amides is 6.